The topological polar surface area (TPSA) is 29.5 Å². The molecule has 1 fully saturated rings. The summed E-state index contributed by atoms with van der Waals surface area (Å²) in [7, 11) is 0. The molecule has 0 aliphatic carbocycles. The first-order valence-electron chi connectivity index (χ1n) is 4.18. The van der Waals surface area contributed by atoms with E-state index in [0.29, 0.717) is 13.2 Å². The number of carbonyl (C=O) groups excluding carboxylic acids is 1. The Balaban J connectivity index is 2.02. The zero-order chi connectivity index (χ0) is 9.10. The number of hydroxylamine groups is 2. The first-order valence-corrected chi connectivity index (χ1v) is 4.18. The summed E-state index contributed by atoms with van der Waals surface area (Å²) in [6.45, 7) is 0.918. The van der Waals surface area contributed by atoms with Crippen LogP contribution < -0.4 is 0 Å². The number of rotatable bonds is 2. The van der Waals surface area contributed by atoms with Crippen LogP contribution in [0, 0.1) is 6.42 Å². The van der Waals surface area contributed by atoms with Crippen LogP contribution in [0.4, 0.5) is 0 Å². The minimum atomic E-state index is -0.0520. The van der Waals surface area contributed by atoms with E-state index >= 15 is 0 Å². The molecule has 0 saturated carbocycles. The molecule has 1 heterocycles. The molecule has 13 heavy (non-hydrogen) atoms. The van der Waals surface area contributed by atoms with E-state index in [0.717, 1.165) is 5.56 Å². The molecule has 0 N–H and O–H groups in total. The SMILES string of the molecule is O=C1[CH]CON1Cc1ccccc1. The van der Waals surface area contributed by atoms with E-state index in [1.807, 2.05) is 30.3 Å². The first-order chi connectivity index (χ1) is 6.36. The van der Waals surface area contributed by atoms with Gasteiger partial charge in [0.15, 0.2) is 0 Å². The molecule has 1 aromatic carbocycles. The molecule has 1 amide bonds. The summed E-state index contributed by atoms with van der Waals surface area (Å²) in [5.74, 6) is -0.0520. The molecule has 1 aromatic rings. The van der Waals surface area contributed by atoms with Crippen molar-refractivity contribution < 1.29 is 9.63 Å². The summed E-state index contributed by atoms with van der Waals surface area (Å²) in [6, 6.07) is 9.77. The van der Waals surface area contributed by atoms with Crippen molar-refractivity contribution in [2.24, 2.45) is 0 Å². The van der Waals surface area contributed by atoms with Gasteiger partial charge in [-0.25, -0.2) is 5.06 Å². The van der Waals surface area contributed by atoms with Crippen LogP contribution in [0.15, 0.2) is 30.3 Å². The van der Waals surface area contributed by atoms with Gasteiger partial charge in [-0.2, -0.15) is 0 Å². The predicted molar refractivity (Wildman–Crippen MR) is 47.2 cm³/mol. The molecule has 0 bridgehead atoms. The lowest BCUT2D eigenvalue weighted by atomic mass is 10.2. The Morgan fingerprint density at radius 3 is 2.69 bits per heavy atom. The van der Waals surface area contributed by atoms with Gasteiger partial charge in [0, 0.05) is 0 Å². The van der Waals surface area contributed by atoms with Crippen molar-refractivity contribution in [3.05, 3.63) is 42.3 Å². The van der Waals surface area contributed by atoms with Crippen molar-refractivity contribution in [1.82, 2.24) is 5.06 Å². The Morgan fingerprint density at radius 2 is 2.08 bits per heavy atom. The smallest absolute Gasteiger partial charge is 0.252 e. The van der Waals surface area contributed by atoms with Gasteiger partial charge in [0.05, 0.1) is 19.6 Å². The van der Waals surface area contributed by atoms with Crippen molar-refractivity contribution in [3.8, 4) is 0 Å². The van der Waals surface area contributed by atoms with Gasteiger partial charge in [-0.05, 0) is 5.56 Å². The summed E-state index contributed by atoms with van der Waals surface area (Å²) >= 11 is 0. The number of nitrogens with zero attached hydrogens (tertiary/aromatic N) is 1. The molecule has 1 aliphatic rings. The third-order valence-electron chi connectivity index (χ3n) is 1.90. The highest BCUT2D eigenvalue weighted by Crippen LogP contribution is 2.10. The molecule has 2 rings (SSSR count). The highest BCUT2D eigenvalue weighted by molar-refractivity contribution is 5.85. The Labute approximate surface area is 76.9 Å². The van der Waals surface area contributed by atoms with E-state index in [1.165, 1.54) is 11.5 Å². The molecule has 1 saturated heterocycles. The van der Waals surface area contributed by atoms with Gasteiger partial charge >= 0.3 is 0 Å². The lowest BCUT2D eigenvalue weighted by Gasteiger charge is -2.13. The summed E-state index contributed by atoms with van der Waals surface area (Å²) in [5.41, 5.74) is 1.08. The van der Waals surface area contributed by atoms with Gasteiger partial charge in [-0.15, -0.1) is 0 Å². The lowest BCUT2D eigenvalue weighted by Crippen LogP contribution is -2.22. The molecule has 1 aliphatic heterocycles. The van der Waals surface area contributed by atoms with E-state index in [4.69, 9.17) is 4.84 Å². The van der Waals surface area contributed by atoms with Crippen molar-refractivity contribution in [2.45, 2.75) is 6.54 Å². The first kappa shape index (κ1) is 8.26. The molecule has 0 atom stereocenters. The third-order valence-corrected chi connectivity index (χ3v) is 1.90. The molecule has 3 heteroatoms. The van der Waals surface area contributed by atoms with Crippen molar-refractivity contribution in [3.63, 3.8) is 0 Å². The predicted octanol–water partition coefficient (Wildman–Crippen LogP) is 1.16. The molecule has 0 unspecified atom stereocenters. The van der Waals surface area contributed by atoms with Gasteiger partial charge < -0.3 is 0 Å². The summed E-state index contributed by atoms with van der Waals surface area (Å²) < 4.78 is 0. The highest BCUT2D eigenvalue weighted by Gasteiger charge is 2.21. The number of carbonyl (C=O) groups is 1. The average molecular weight is 176 g/mol. The van der Waals surface area contributed by atoms with Crippen LogP contribution in [0.3, 0.4) is 0 Å². The van der Waals surface area contributed by atoms with E-state index < -0.39 is 0 Å². The lowest BCUT2D eigenvalue weighted by molar-refractivity contribution is -0.164. The van der Waals surface area contributed by atoms with Crippen LogP contribution in [0.25, 0.3) is 0 Å². The van der Waals surface area contributed by atoms with Crippen LogP contribution in [0.1, 0.15) is 5.56 Å². The molecule has 3 nitrogen and oxygen atoms in total. The minimum absolute atomic E-state index is 0.0520. The van der Waals surface area contributed by atoms with E-state index in [2.05, 4.69) is 0 Å². The van der Waals surface area contributed by atoms with Crippen LogP contribution in [-0.4, -0.2) is 17.6 Å². The normalized spacial score (nSPS) is 16.6. The van der Waals surface area contributed by atoms with Gasteiger partial charge in [0.2, 0.25) is 0 Å². The Bertz CT molecular complexity index is 297. The van der Waals surface area contributed by atoms with Crippen molar-refractivity contribution >= 4 is 5.91 Å². The average Bonchev–Trinajstić information content (AvgIpc) is 2.54. The molecule has 1 radical (unpaired) electrons. The van der Waals surface area contributed by atoms with Gasteiger partial charge in [0.25, 0.3) is 5.91 Å². The Morgan fingerprint density at radius 1 is 1.31 bits per heavy atom. The largest absolute Gasteiger partial charge is 0.272 e. The molecule has 0 aromatic heterocycles. The Hall–Kier alpha value is -1.35. The summed E-state index contributed by atoms with van der Waals surface area (Å²) in [4.78, 5) is 16.2. The second-order valence-corrected chi connectivity index (χ2v) is 2.86. The van der Waals surface area contributed by atoms with E-state index in [1.54, 1.807) is 0 Å². The number of amides is 1. The molecule has 67 valence electrons. The quantitative estimate of drug-likeness (QED) is 0.676. The standard InChI is InChI=1S/C10H10NO2/c12-10-6-7-13-11(10)8-9-4-2-1-3-5-9/h1-6H,7-8H2. The second-order valence-electron chi connectivity index (χ2n) is 2.86. The van der Waals surface area contributed by atoms with Gasteiger partial charge in [-0.1, -0.05) is 30.3 Å². The molecular formula is C10H10NO2. The maximum absolute atomic E-state index is 11.1. The third kappa shape index (κ3) is 1.87. The van der Waals surface area contributed by atoms with E-state index in [-0.39, 0.29) is 5.91 Å². The summed E-state index contributed by atoms with van der Waals surface area (Å²) in [6.07, 6.45) is 1.53. The summed E-state index contributed by atoms with van der Waals surface area (Å²) in [5, 5.41) is 1.37. The minimum Gasteiger partial charge on any atom is -0.272 e. The van der Waals surface area contributed by atoms with Crippen LogP contribution in [0.5, 0.6) is 0 Å². The zero-order valence-corrected chi connectivity index (χ0v) is 7.14. The zero-order valence-electron chi connectivity index (χ0n) is 7.14. The fourth-order valence-electron chi connectivity index (χ4n) is 1.24. The maximum Gasteiger partial charge on any atom is 0.252 e. The fourth-order valence-corrected chi connectivity index (χ4v) is 1.24. The number of benzene rings is 1. The number of hydrogen-bond donors (Lipinski definition) is 0. The van der Waals surface area contributed by atoms with Crippen LogP contribution in [0.2, 0.25) is 0 Å². The van der Waals surface area contributed by atoms with Crippen LogP contribution in [-0.2, 0) is 16.2 Å². The van der Waals surface area contributed by atoms with Crippen molar-refractivity contribution in [2.75, 3.05) is 6.61 Å². The highest BCUT2D eigenvalue weighted by atomic mass is 16.7. The monoisotopic (exact) mass is 176 g/mol. The number of hydrogen-bond acceptors (Lipinski definition) is 2. The fraction of sp³-hybridized carbons (Fsp3) is 0.200. The molecule has 0 spiro atoms. The van der Waals surface area contributed by atoms with Gasteiger partial charge in [-0.3, -0.25) is 9.63 Å². The van der Waals surface area contributed by atoms with E-state index in [9.17, 15) is 4.79 Å². The van der Waals surface area contributed by atoms with Gasteiger partial charge in [0.1, 0.15) is 0 Å². The van der Waals surface area contributed by atoms with Crippen molar-refractivity contribution in [1.29, 1.82) is 0 Å². The molecular weight excluding hydrogens is 166 g/mol. The second kappa shape index (κ2) is 3.58. The maximum atomic E-state index is 11.1. The Kier molecular flexibility index (Phi) is 2.27. The van der Waals surface area contributed by atoms with Crippen LogP contribution >= 0.6 is 0 Å².